The number of nitrogens with one attached hydrogen (secondary N) is 2. The second kappa shape index (κ2) is 10.4. The van der Waals surface area contributed by atoms with Gasteiger partial charge in [0.1, 0.15) is 6.33 Å². The van der Waals surface area contributed by atoms with Gasteiger partial charge in [0, 0.05) is 17.3 Å². The van der Waals surface area contributed by atoms with Crippen LogP contribution < -0.4 is 10.6 Å². The summed E-state index contributed by atoms with van der Waals surface area (Å²) in [5, 5.41) is 14.1. The number of carboxylic acid groups (broad SMARTS) is 1. The number of carbonyl (C=O) groups excluding carboxylic acids is 1. The topological polar surface area (TPSA) is 96.3 Å². The predicted octanol–water partition coefficient (Wildman–Crippen LogP) is 4.46. The molecule has 0 saturated carbocycles. The quantitative estimate of drug-likeness (QED) is 0.495. The lowest BCUT2D eigenvalue weighted by Gasteiger charge is -2.33. The van der Waals surface area contributed by atoms with E-state index in [1.807, 2.05) is 54.0 Å². The highest BCUT2D eigenvalue weighted by atomic mass is 35.5. The van der Waals surface area contributed by atoms with Crippen molar-refractivity contribution in [2.45, 2.75) is 44.4 Å². The molecule has 1 aliphatic heterocycles. The smallest absolute Gasteiger partial charge is 0.475 e. The Morgan fingerprint density at radius 3 is 2.56 bits per heavy atom. The van der Waals surface area contributed by atoms with Crippen molar-refractivity contribution in [1.29, 1.82) is 0 Å². The Labute approximate surface area is 198 Å². The molecule has 3 aromatic rings. The molecule has 0 aliphatic carbocycles. The van der Waals surface area contributed by atoms with Gasteiger partial charge in [-0.15, -0.1) is 0 Å². The van der Waals surface area contributed by atoms with Crippen molar-refractivity contribution >= 4 is 34.5 Å². The van der Waals surface area contributed by atoms with E-state index in [-0.39, 0.29) is 5.91 Å². The van der Waals surface area contributed by atoms with E-state index < -0.39 is 17.7 Å². The molecule has 1 atom stereocenters. The zero-order valence-electron chi connectivity index (χ0n) is 18.3. The predicted molar refractivity (Wildman–Crippen MR) is 122 cm³/mol. The lowest BCUT2D eigenvalue weighted by molar-refractivity contribution is -0.192. The Hall–Kier alpha value is -3.11. The second-order valence-electron chi connectivity index (χ2n) is 8.08. The number of rotatable bonds is 4. The number of amides is 1. The fourth-order valence-corrected chi connectivity index (χ4v) is 3.86. The number of halogens is 4. The summed E-state index contributed by atoms with van der Waals surface area (Å²) in [6.07, 6.45) is -0.225. The van der Waals surface area contributed by atoms with Crippen LogP contribution in [0.25, 0.3) is 16.7 Å². The molecule has 1 aromatic heterocycles. The number of benzene rings is 2. The average Bonchev–Trinajstić information content (AvgIpc) is 3.22. The van der Waals surface area contributed by atoms with Crippen molar-refractivity contribution in [3.8, 4) is 5.69 Å². The molecule has 4 rings (SSSR count). The number of nitrogens with zero attached hydrogens (tertiary/aromatic N) is 2. The number of piperidine rings is 1. The molecule has 7 nitrogen and oxygen atoms in total. The Bertz CT molecular complexity index is 1170. The number of para-hydroxylation sites is 2. The van der Waals surface area contributed by atoms with E-state index in [4.69, 9.17) is 21.5 Å². The highest BCUT2D eigenvalue weighted by molar-refractivity contribution is 6.31. The van der Waals surface area contributed by atoms with Crippen molar-refractivity contribution < 1.29 is 27.9 Å². The molecule has 1 aliphatic rings. The fraction of sp³-hybridized carbons (Fsp3) is 0.348. The molecular formula is C23H24ClF3N4O3. The van der Waals surface area contributed by atoms with E-state index in [1.165, 1.54) is 0 Å². The molecule has 1 fully saturated rings. The third-order valence-electron chi connectivity index (χ3n) is 5.57. The van der Waals surface area contributed by atoms with Crippen LogP contribution in [0.4, 0.5) is 13.2 Å². The number of fused-ring (bicyclic) bond motifs is 1. The summed E-state index contributed by atoms with van der Waals surface area (Å²) in [7, 11) is 0. The van der Waals surface area contributed by atoms with Crippen LogP contribution in [0.15, 0.2) is 48.8 Å². The van der Waals surface area contributed by atoms with Crippen molar-refractivity contribution in [1.82, 2.24) is 20.2 Å². The Morgan fingerprint density at radius 1 is 1.24 bits per heavy atom. The third-order valence-corrected chi connectivity index (χ3v) is 5.92. The molecule has 34 heavy (non-hydrogen) atoms. The molecule has 182 valence electrons. The minimum atomic E-state index is -5.08. The largest absolute Gasteiger partial charge is 0.490 e. The van der Waals surface area contributed by atoms with E-state index in [1.54, 1.807) is 6.33 Å². The van der Waals surface area contributed by atoms with Crippen LogP contribution in [-0.4, -0.2) is 44.8 Å². The number of hydrogen-bond donors (Lipinski definition) is 3. The van der Waals surface area contributed by atoms with Gasteiger partial charge in [-0.2, -0.15) is 13.2 Å². The van der Waals surface area contributed by atoms with Crippen molar-refractivity contribution in [3.05, 3.63) is 59.4 Å². The van der Waals surface area contributed by atoms with Gasteiger partial charge in [-0.1, -0.05) is 29.8 Å². The number of imidazole rings is 1. The van der Waals surface area contributed by atoms with Gasteiger partial charge in [0.15, 0.2) is 0 Å². The van der Waals surface area contributed by atoms with Gasteiger partial charge >= 0.3 is 12.1 Å². The maximum absolute atomic E-state index is 12.6. The first kappa shape index (κ1) is 25.5. The SMILES string of the molecule is CC1(C(=O)NCc2ccc(-n3cnc4ccccc43)cc2Cl)CCCCN1.O=C(O)C(F)(F)F. The molecule has 0 radical (unpaired) electrons. The third kappa shape index (κ3) is 6.06. The standard InChI is InChI=1S/C21H23ClN4O.C2HF3O2/c1-21(10-4-5-11-25-21)20(27)23-13-15-8-9-16(12-17(15)22)26-14-24-18-6-2-3-7-19(18)26;3-2(4,5)1(6)7/h2-3,6-9,12,14,25H,4-5,10-11,13H2,1H3,(H,23,27);(H,6,7). The molecule has 1 saturated heterocycles. The normalized spacial score (nSPS) is 18.1. The minimum absolute atomic E-state index is 0.0305. The maximum Gasteiger partial charge on any atom is 0.490 e. The molecule has 3 N–H and O–H groups in total. The van der Waals surface area contributed by atoms with Crippen LogP contribution in [0.3, 0.4) is 0 Å². The van der Waals surface area contributed by atoms with Crippen LogP contribution in [-0.2, 0) is 16.1 Å². The van der Waals surface area contributed by atoms with E-state index in [0.29, 0.717) is 11.6 Å². The van der Waals surface area contributed by atoms with Gasteiger partial charge in [0.25, 0.3) is 0 Å². The summed E-state index contributed by atoms with van der Waals surface area (Å²) in [6.45, 7) is 3.27. The zero-order valence-corrected chi connectivity index (χ0v) is 19.1. The second-order valence-corrected chi connectivity index (χ2v) is 8.49. The first-order valence-electron chi connectivity index (χ1n) is 10.6. The van der Waals surface area contributed by atoms with Crippen molar-refractivity contribution in [2.24, 2.45) is 0 Å². The van der Waals surface area contributed by atoms with Crippen LogP contribution in [0.2, 0.25) is 5.02 Å². The number of hydrogen-bond acceptors (Lipinski definition) is 4. The molecule has 0 bridgehead atoms. The van der Waals surface area contributed by atoms with Gasteiger partial charge in [0.05, 0.1) is 16.6 Å². The number of aliphatic carboxylic acids is 1. The Kier molecular flexibility index (Phi) is 7.83. The fourth-order valence-electron chi connectivity index (χ4n) is 3.61. The van der Waals surface area contributed by atoms with E-state index in [9.17, 15) is 18.0 Å². The molecule has 0 spiro atoms. The molecule has 1 unspecified atom stereocenters. The minimum Gasteiger partial charge on any atom is -0.475 e. The monoisotopic (exact) mass is 496 g/mol. The van der Waals surface area contributed by atoms with Crippen LogP contribution in [0.5, 0.6) is 0 Å². The summed E-state index contributed by atoms with van der Waals surface area (Å²) in [4.78, 5) is 25.9. The lowest BCUT2D eigenvalue weighted by atomic mass is 9.90. The van der Waals surface area contributed by atoms with Gasteiger partial charge in [-0.25, -0.2) is 9.78 Å². The summed E-state index contributed by atoms with van der Waals surface area (Å²) in [5.74, 6) is -2.73. The van der Waals surface area contributed by atoms with Gasteiger partial charge in [-0.3, -0.25) is 9.36 Å². The number of alkyl halides is 3. The molecular weight excluding hydrogens is 473 g/mol. The Balaban J connectivity index is 0.000000406. The summed E-state index contributed by atoms with van der Waals surface area (Å²) in [6, 6.07) is 13.9. The number of carbonyl (C=O) groups is 2. The van der Waals surface area contributed by atoms with Crippen LogP contribution in [0.1, 0.15) is 31.7 Å². The molecule has 1 amide bonds. The van der Waals surface area contributed by atoms with Crippen molar-refractivity contribution in [2.75, 3.05) is 6.54 Å². The molecule has 11 heteroatoms. The van der Waals surface area contributed by atoms with Gasteiger partial charge < -0.3 is 15.7 Å². The van der Waals surface area contributed by atoms with Crippen molar-refractivity contribution in [3.63, 3.8) is 0 Å². The molecule has 2 aromatic carbocycles. The summed E-state index contributed by atoms with van der Waals surface area (Å²) in [5.41, 5.74) is 3.34. The van der Waals surface area contributed by atoms with Crippen LogP contribution in [0, 0.1) is 0 Å². The average molecular weight is 497 g/mol. The van der Waals surface area contributed by atoms with Crippen LogP contribution >= 0.6 is 11.6 Å². The van der Waals surface area contributed by atoms with E-state index in [2.05, 4.69) is 15.6 Å². The first-order chi connectivity index (χ1) is 16.0. The van der Waals surface area contributed by atoms with E-state index in [0.717, 1.165) is 48.1 Å². The first-order valence-corrected chi connectivity index (χ1v) is 10.9. The zero-order chi connectivity index (χ0) is 24.9. The lowest BCUT2D eigenvalue weighted by Crippen LogP contribution is -2.56. The van der Waals surface area contributed by atoms with E-state index >= 15 is 0 Å². The van der Waals surface area contributed by atoms with Gasteiger partial charge in [0.2, 0.25) is 5.91 Å². The highest BCUT2D eigenvalue weighted by Crippen LogP contribution is 2.24. The number of carboxylic acids is 1. The summed E-state index contributed by atoms with van der Waals surface area (Å²) < 4.78 is 33.7. The molecule has 2 heterocycles. The maximum atomic E-state index is 12.6. The number of aromatic nitrogens is 2. The summed E-state index contributed by atoms with van der Waals surface area (Å²) >= 11 is 6.50. The van der Waals surface area contributed by atoms with Gasteiger partial charge in [-0.05, 0) is 62.6 Å². The Morgan fingerprint density at radius 2 is 1.94 bits per heavy atom. The highest BCUT2D eigenvalue weighted by Gasteiger charge is 2.38.